The molecule has 0 aromatic heterocycles. The number of anilines is 1. The Balaban J connectivity index is 2.15. The van der Waals surface area contributed by atoms with Crippen molar-refractivity contribution in [1.29, 1.82) is 0 Å². The third-order valence-electron chi connectivity index (χ3n) is 5.69. The molecule has 1 aliphatic rings. The minimum atomic E-state index is -1.62. The molecule has 182 valence electrons. The second kappa shape index (κ2) is 9.89. The van der Waals surface area contributed by atoms with Crippen LogP contribution in [0.25, 0.3) is 6.08 Å². The lowest BCUT2D eigenvalue weighted by molar-refractivity contribution is -0.131. The van der Waals surface area contributed by atoms with Crippen LogP contribution in [0.2, 0.25) is 0 Å². The van der Waals surface area contributed by atoms with Gasteiger partial charge in [0.15, 0.2) is 0 Å². The van der Waals surface area contributed by atoms with Crippen LogP contribution in [-0.4, -0.2) is 47.3 Å². The molecule has 1 aliphatic heterocycles. The maximum absolute atomic E-state index is 15.3. The largest absolute Gasteiger partial charge is 0.478 e. The van der Waals surface area contributed by atoms with Gasteiger partial charge in [0.05, 0.1) is 6.04 Å². The molecule has 2 unspecified atom stereocenters. The monoisotopic (exact) mass is 475 g/mol. The Morgan fingerprint density at radius 2 is 1.85 bits per heavy atom. The molecule has 3 N–H and O–H groups in total. The summed E-state index contributed by atoms with van der Waals surface area (Å²) in [5.41, 5.74) is 0.120. The van der Waals surface area contributed by atoms with Crippen molar-refractivity contribution in [3.63, 3.8) is 0 Å². The molecule has 0 saturated heterocycles. The van der Waals surface area contributed by atoms with Crippen LogP contribution in [-0.2, 0) is 11.2 Å². The Kier molecular flexibility index (Phi) is 7.35. The average molecular weight is 476 g/mol. The van der Waals surface area contributed by atoms with Crippen molar-refractivity contribution < 1.29 is 27.9 Å². The highest BCUT2D eigenvalue weighted by Crippen LogP contribution is 2.42. The van der Waals surface area contributed by atoms with Crippen LogP contribution in [0.3, 0.4) is 0 Å². The molecule has 2 aromatic carbocycles. The third-order valence-corrected chi connectivity index (χ3v) is 5.69. The molecule has 2 atom stereocenters. The minimum Gasteiger partial charge on any atom is -0.478 e. The quantitative estimate of drug-likeness (QED) is 0.519. The summed E-state index contributed by atoms with van der Waals surface area (Å²) in [6, 6.07) is 5.64. The number of nitrogens with one attached hydrogen (secondary N) is 2. The highest BCUT2D eigenvalue weighted by Gasteiger charge is 2.39. The number of urea groups is 1. The van der Waals surface area contributed by atoms with Gasteiger partial charge < -0.3 is 15.7 Å². The first kappa shape index (κ1) is 25.3. The van der Waals surface area contributed by atoms with Crippen LogP contribution < -0.4 is 10.6 Å². The van der Waals surface area contributed by atoms with Gasteiger partial charge >= 0.3 is 12.0 Å². The van der Waals surface area contributed by atoms with Gasteiger partial charge in [-0.05, 0) is 74.2 Å². The fraction of sp³-hybridized carbons (Fsp3) is 0.360. The summed E-state index contributed by atoms with van der Waals surface area (Å²) in [5, 5.41) is 14.0. The van der Waals surface area contributed by atoms with E-state index in [0.29, 0.717) is 17.7 Å². The van der Waals surface area contributed by atoms with Gasteiger partial charge in [-0.3, -0.25) is 4.90 Å². The summed E-state index contributed by atoms with van der Waals surface area (Å²) in [4.78, 5) is 24.2. The van der Waals surface area contributed by atoms with Crippen LogP contribution in [0, 0.1) is 11.6 Å². The van der Waals surface area contributed by atoms with Crippen molar-refractivity contribution in [3.8, 4) is 0 Å². The van der Waals surface area contributed by atoms with Crippen molar-refractivity contribution in [2.75, 3.05) is 18.9 Å². The number of fused-ring (bicyclic) bond motifs is 1. The van der Waals surface area contributed by atoms with Gasteiger partial charge in [0.1, 0.15) is 17.3 Å². The summed E-state index contributed by atoms with van der Waals surface area (Å²) < 4.78 is 45.4. The summed E-state index contributed by atoms with van der Waals surface area (Å²) in [6.07, 6.45) is 2.40. The lowest BCUT2D eigenvalue weighted by Crippen LogP contribution is -2.48. The number of nitrogens with zero attached hydrogens (tertiary/aromatic N) is 1. The fourth-order valence-corrected chi connectivity index (χ4v) is 4.32. The van der Waals surface area contributed by atoms with E-state index in [4.69, 9.17) is 5.11 Å². The van der Waals surface area contributed by atoms with Crippen molar-refractivity contribution >= 4 is 23.8 Å². The lowest BCUT2D eigenvalue weighted by Gasteiger charge is -2.44. The van der Waals surface area contributed by atoms with Crippen molar-refractivity contribution in [2.24, 2.45) is 0 Å². The summed E-state index contributed by atoms with van der Waals surface area (Å²) in [7, 11) is 1.49. The molecule has 0 fully saturated rings. The summed E-state index contributed by atoms with van der Waals surface area (Å²) in [6.45, 7) is 4.63. The van der Waals surface area contributed by atoms with Gasteiger partial charge in [0.25, 0.3) is 0 Å². The molecule has 0 bridgehead atoms. The number of rotatable bonds is 6. The second-order valence-corrected chi connectivity index (χ2v) is 9.03. The zero-order chi connectivity index (χ0) is 25.2. The number of alkyl halides is 1. The highest BCUT2D eigenvalue weighted by atomic mass is 19.1. The smallest absolute Gasteiger partial charge is 0.328 e. The number of halogens is 3. The molecule has 1 heterocycles. The van der Waals surface area contributed by atoms with E-state index in [1.54, 1.807) is 23.1 Å². The highest BCUT2D eigenvalue weighted by molar-refractivity contribution is 5.89. The summed E-state index contributed by atoms with van der Waals surface area (Å²) in [5.74, 6) is -2.95. The molecular formula is C25H28F3N3O3. The number of hydrogen-bond acceptors (Lipinski definition) is 3. The molecule has 2 aromatic rings. The van der Waals surface area contributed by atoms with Crippen LogP contribution in [0.4, 0.5) is 23.7 Å². The Morgan fingerprint density at radius 3 is 2.41 bits per heavy atom. The van der Waals surface area contributed by atoms with Gasteiger partial charge in [-0.1, -0.05) is 6.07 Å². The number of hydrogen-bond donors (Lipinski definition) is 3. The number of benzene rings is 2. The number of carboxylic acid groups (broad SMARTS) is 1. The van der Waals surface area contributed by atoms with Gasteiger partial charge in [0.2, 0.25) is 0 Å². The van der Waals surface area contributed by atoms with Crippen LogP contribution in [0.1, 0.15) is 49.1 Å². The normalized spacial score (nSPS) is 18.6. The predicted octanol–water partition coefficient (Wildman–Crippen LogP) is 4.90. The lowest BCUT2D eigenvalue weighted by atomic mass is 9.83. The molecule has 0 aliphatic carbocycles. The van der Waals surface area contributed by atoms with E-state index >= 15 is 8.78 Å². The van der Waals surface area contributed by atoms with Crippen LogP contribution in [0.15, 0.2) is 36.4 Å². The number of carbonyl (C=O) groups is 2. The molecule has 0 spiro atoms. The van der Waals surface area contributed by atoms with Crippen LogP contribution in [0.5, 0.6) is 0 Å². The van der Waals surface area contributed by atoms with Crippen molar-refractivity contribution in [2.45, 2.75) is 44.9 Å². The predicted molar refractivity (Wildman–Crippen MR) is 124 cm³/mol. The van der Waals surface area contributed by atoms with Crippen LogP contribution >= 0.6 is 0 Å². The van der Waals surface area contributed by atoms with Crippen molar-refractivity contribution in [1.82, 2.24) is 10.2 Å². The number of carboxylic acids is 1. The van der Waals surface area contributed by atoms with E-state index < -0.39 is 35.3 Å². The van der Waals surface area contributed by atoms with E-state index in [9.17, 15) is 14.0 Å². The van der Waals surface area contributed by atoms with E-state index in [1.807, 2.05) is 6.92 Å². The fourth-order valence-electron chi connectivity index (χ4n) is 4.32. The maximum Gasteiger partial charge on any atom is 0.328 e. The number of amides is 2. The number of carbonyl (C=O) groups excluding carboxylic acids is 1. The second-order valence-electron chi connectivity index (χ2n) is 9.03. The molecule has 6 nitrogen and oxygen atoms in total. The molecule has 2 amide bonds. The minimum absolute atomic E-state index is 0.0595. The van der Waals surface area contributed by atoms with Crippen molar-refractivity contribution in [3.05, 3.63) is 70.3 Å². The van der Waals surface area contributed by atoms with E-state index in [0.717, 1.165) is 29.8 Å². The SMILES string of the molecule is CNC(=O)Nc1ccc2c(c1)CC(C)N(CC(C)(C)F)C2c1c(F)cc(/C=C/C(=O)O)cc1F. The Labute approximate surface area is 196 Å². The Morgan fingerprint density at radius 1 is 1.21 bits per heavy atom. The zero-order valence-electron chi connectivity index (χ0n) is 19.5. The molecule has 0 radical (unpaired) electrons. The Hall–Kier alpha value is -3.33. The van der Waals surface area contributed by atoms with Gasteiger partial charge in [0, 0.05) is 37.0 Å². The van der Waals surface area contributed by atoms with E-state index in [-0.39, 0.29) is 23.7 Å². The van der Waals surface area contributed by atoms with E-state index in [2.05, 4.69) is 10.6 Å². The first-order chi connectivity index (χ1) is 15.9. The Bertz CT molecular complexity index is 1110. The first-order valence-corrected chi connectivity index (χ1v) is 10.9. The van der Waals surface area contributed by atoms with Gasteiger partial charge in [-0.15, -0.1) is 0 Å². The molecule has 9 heteroatoms. The maximum atomic E-state index is 15.3. The zero-order valence-corrected chi connectivity index (χ0v) is 19.5. The molecule has 34 heavy (non-hydrogen) atoms. The molecular weight excluding hydrogens is 447 g/mol. The van der Waals surface area contributed by atoms with Gasteiger partial charge in [-0.2, -0.15) is 0 Å². The third kappa shape index (κ3) is 5.77. The average Bonchev–Trinajstić information content (AvgIpc) is 2.72. The number of aliphatic carboxylic acids is 1. The standard InChI is InChI=1S/C25H28F3N3O3/c1-14-9-16-12-17(30-24(34)29-4)6-7-18(16)23(31(14)13-25(2,3)28)22-19(26)10-15(11-20(22)27)5-8-21(32)33/h5-8,10-12,14,23H,9,13H2,1-4H3,(H,32,33)(H2,29,30,34)/b8-5+. The first-order valence-electron chi connectivity index (χ1n) is 10.9. The summed E-state index contributed by atoms with van der Waals surface area (Å²) >= 11 is 0. The van der Waals surface area contributed by atoms with E-state index in [1.165, 1.54) is 20.9 Å². The molecule has 0 saturated carbocycles. The molecule has 3 rings (SSSR count). The van der Waals surface area contributed by atoms with Gasteiger partial charge in [-0.25, -0.2) is 22.8 Å². The topological polar surface area (TPSA) is 81.7 Å².